The molecule has 1 rings (SSSR count). The summed E-state index contributed by atoms with van der Waals surface area (Å²) < 4.78 is 0. The molecule has 1 heterocycles. The summed E-state index contributed by atoms with van der Waals surface area (Å²) in [7, 11) is 0. The van der Waals surface area contributed by atoms with Crippen LogP contribution < -0.4 is 5.73 Å². The lowest BCUT2D eigenvalue weighted by atomic mass is 10.1. The smallest absolute Gasteiger partial charge is 0.308 e. The van der Waals surface area contributed by atoms with Crippen LogP contribution in [0, 0.1) is 5.92 Å². The SMILES string of the molecule is C[C@@H](C(=O)O)[C@H]1CSC(N)=N1. The number of nitrogens with two attached hydrogens (primary N) is 1. The fourth-order valence-corrected chi connectivity index (χ4v) is 1.74. The molecule has 0 bridgehead atoms. The van der Waals surface area contributed by atoms with Gasteiger partial charge in [-0.05, 0) is 6.92 Å². The highest BCUT2D eigenvalue weighted by Crippen LogP contribution is 2.21. The van der Waals surface area contributed by atoms with E-state index in [0.717, 1.165) is 0 Å². The molecule has 62 valence electrons. The molecule has 0 fully saturated rings. The zero-order valence-corrected chi connectivity index (χ0v) is 6.97. The molecule has 0 saturated carbocycles. The van der Waals surface area contributed by atoms with Crippen LogP contribution in [-0.2, 0) is 4.79 Å². The number of hydrogen-bond acceptors (Lipinski definition) is 4. The van der Waals surface area contributed by atoms with Crippen LogP contribution >= 0.6 is 11.8 Å². The molecule has 0 spiro atoms. The van der Waals surface area contributed by atoms with Crippen molar-refractivity contribution >= 4 is 22.9 Å². The highest BCUT2D eigenvalue weighted by Gasteiger charge is 2.27. The van der Waals surface area contributed by atoms with Gasteiger partial charge in [0.15, 0.2) is 5.17 Å². The van der Waals surface area contributed by atoms with Gasteiger partial charge in [-0.1, -0.05) is 11.8 Å². The fraction of sp³-hybridized carbons (Fsp3) is 0.667. The number of thioether (sulfide) groups is 1. The Morgan fingerprint density at radius 1 is 2.00 bits per heavy atom. The molecule has 0 aromatic rings. The van der Waals surface area contributed by atoms with Crippen molar-refractivity contribution in [3.63, 3.8) is 0 Å². The van der Waals surface area contributed by atoms with Gasteiger partial charge in [0.1, 0.15) is 0 Å². The average molecular weight is 174 g/mol. The standard InChI is InChI=1S/C6H10N2O2S/c1-3(5(9)10)4-2-11-6(7)8-4/h3-4H,2H2,1H3,(H2,7,8)(H,9,10)/t3-,4-/m1/s1. The Morgan fingerprint density at radius 3 is 3.00 bits per heavy atom. The Hall–Kier alpha value is -0.710. The minimum absolute atomic E-state index is 0.141. The number of aliphatic carboxylic acids is 1. The predicted octanol–water partition coefficient (Wildman–Crippen LogP) is 0.137. The van der Waals surface area contributed by atoms with E-state index in [9.17, 15) is 4.79 Å². The van der Waals surface area contributed by atoms with Crippen LogP contribution in [0.5, 0.6) is 0 Å². The summed E-state index contributed by atoms with van der Waals surface area (Å²) in [5.41, 5.74) is 5.38. The second-order valence-corrected chi connectivity index (χ2v) is 3.51. The molecular formula is C6H10N2O2S. The summed E-state index contributed by atoms with van der Waals surface area (Å²) in [4.78, 5) is 14.5. The highest BCUT2D eigenvalue weighted by atomic mass is 32.2. The summed E-state index contributed by atoms with van der Waals surface area (Å²) in [6.45, 7) is 1.65. The Morgan fingerprint density at radius 2 is 2.64 bits per heavy atom. The largest absolute Gasteiger partial charge is 0.481 e. The number of hydrogen-bond donors (Lipinski definition) is 2. The maximum Gasteiger partial charge on any atom is 0.308 e. The summed E-state index contributed by atoms with van der Waals surface area (Å²) in [6.07, 6.45) is 0. The first-order valence-corrected chi connectivity index (χ1v) is 4.28. The van der Waals surface area contributed by atoms with Crippen molar-refractivity contribution < 1.29 is 9.90 Å². The normalized spacial score (nSPS) is 26.3. The first kappa shape index (κ1) is 8.39. The predicted molar refractivity (Wildman–Crippen MR) is 44.7 cm³/mol. The lowest BCUT2D eigenvalue weighted by Crippen LogP contribution is -2.24. The molecule has 0 radical (unpaired) electrons. The Kier molecular flexibility index (Phi) is 2.38. The Bertz CT molecular complexity index is 205. The molecule has 2 atom stereocenters. The van der Waals surface area contributed by atoms with Gasteiger partial charge in [0.05, 0.1) is 12.0 Å². The van der Waals surface area contributed by atoms with Gasteiger partial charge in [-0.3, -0.25) is 9.79 Å². The van der Waals surface area contributed by atoms with Crippen LogP contribution in [0.4, 0.5) is 0 Å². The molecule has 5 heteroatoms. The molecule has 0 unspecified atom stereocenters. The van der Waals surface area contributed by atoms with Crippen LogP contribution in [0.25, 0.3) is 0 Å². The third-order valence-corrected chi connectivity index (χ3v) is 2.57. The topological polar surface area (TPSA) is 75.7 Å². The number of carbonyl (C=O) groups is 1. The van der Waals surface area contributed by atoms with Crippen molar-refractivity contribution in [3.8, 4) is 0 Å². The van der Waals surface area contributed by atoms with E-state index in [1.54, 1.807) is 6.92 Å². The molecular weight excluding hydrogens is 164 g/mol. The summed E-state index contributed by atoms with van der Waals surface area (Å²) in [5, 5.41) is 9.11. The van der Waals surface area contributed by atoms with Crippen LogP contribution in [-0.4, -0.2) is 28.0 Å². The van der Waals surface area contributed by atoms with E-state index >= 15 is 0 Å². The van der Waals surface area contributed by atoms with Gasteiger partial charge >= 0.3 is 5.97 Å². The quantitative estimate of drug-likeness (QED) is 0.624. The van der Waals surface area contributed by atoms with Gasteiger partial charge in [0.25, 0.3) is 0 Å². The molecule has 4 nitrogen and oxygen atoms in total. The zero-order valence-electron chi connectivity index (χ0n) is 6.15. The number of carboxylic acids is 1. The van der Waals surface area contributed by atoms with E-state index in [4.69, 9.17) is 10.8 Å². The minimum atomic E-state index is -0.811. The van der Waals surface area contributed by atoms with E-state index < -0.39 is 11.9 Å². The lowest BCUT2D eigenvalue weighted by molar-refractivity contribution is -0.141. The number of nitrogens with zero attached hydrogens (tertiary/aromatic N) is 1. The highest BCUT2D eigenvalue weighted by molar-refractivity contribution is 8.14. The third-order valence-electron chi connectivity index (χ3n) is 1.66. The summed E-state index contributed by atoms with van der Waals surface area (Å²) in [5.74, 6) is -0.545. The maximum absolute atomic E-state index is 10.5. The molecule has 0 saturated heterocycles. The first-order chi connectivity index (χ1) is 5.11. The van der Waals surface area contributed by atoms with Gasteiger partial charge in [-0.15, -0.1) is 0 Å². The van der Waals surface area contributed by atoms with Gasteiger partial charge < -0.3 is 10.8 Å². The number of carboxylic acid groups (broad SMARTS) is 1. The lowest BCUT2D eigenvalue weighted by Gasteiger charge is -2.09. The van der Waals surface area contributed by atoms with Crippen molar-refractivity contribution in [1.29, 1.82) is 0 Å². The van der Waals surface area contributed by atoms with Crippen molar-refractivity contribution in [2.45, 2.75) is 13.0 Å². The average Bonchev–Trinajstić information content (AvgIpc) is 2.34. The second kappa shape index (κ2) is 3.13. The maximum atomic E-state index is 10.5. The van der Waals surface area contributed by atoms with Gasteiger partial charge in [0, 0.05) is 5.75 Å². The Labute approximate surface area is 68.9 Å². The zero-order chi connectivity index (χ0) is 8.43. The van der Waals surface area contributed by atoms with Crippen molar-refractivity contribution in [1.82, 2.24) is 0 Å². The van der Waals surface area contributed by atoms with Gasteiger partial charge in [-0.2, -0.15) is 0 Å². The minimum Gasteiger partial charge on any atom is -0.481 e. The van der Waals surface area contributed by atoms with E-state index in [1.807, 2.05) is 0 Å². The molecule has 0 aliphatic carbocycles. The molecule has 0 aromatic heterocycles. The Balaban J connectivity index is 2.56. The number of amidine groups is 1. The van der Waals surface area contributed by atoms with E-state index in [-0.39, 0.29) is 6.04 Å². The summed E-state index contributed by atoms with van der Waals surface area (Å²) >= 11 is 1.42. The van der Waals surface area contributed by atoms with E-state index in [0.29, 0.717) is 10.9 Å². The van der Waals surface area contributed by atoms with Crippen molar-refractivity contribution in [2.75, 3.05) is 5.75 Å². The monoisotopic (exact) mass is 174 g/mol. The molecule has 0 aromatic carbocycles. The van der Waals surface area contributed by atoms with Gasteiger partial charge in [0.2, 0.25) is 0 Å². The molecule has 3 N–H and O–H groups in total. The first-order valence-electron chi connectivity index (χ1n) is 3.30. The third kappa shape index (κ3) is 1.86. The fourth-order valence-electron chi connectivity index (χ4n) is 0.829. The van der Waals surface area contributed by atoms with Crippen LogP contribution in [0.1, 0.15) is 6.92 Å². The second-order valence-electron chi connectivity index (χ2n) is 2.47. The molecule has 11 heavy (non-hydrogen) atoms. The van der Waals surface area contributed by atoms with E-state index in [2.05, 4.69) is 4.99 Å². The van der Waals surface area contributed by atoms with Crippen LogP contribution in [0.3, 0.4) is 0 Å². The van der Waals surface area contributed by atoms with E-state index in [1.165, 1.54) is 11.8 Å². The number of aliphatic imine (C=N–C) groups is 1. The van der Waals surface area contributed by atoms with Crippen molar-refractivity contribution in [2.24, 2.45) is 16.6 Å². The molecule has 0 amide bonds. The van der Waals surface area contributed by atoms with Gasteiger partial charge in [-0.25, -0.2) is 0 Å². The summed E-state index contributed by atoms with van der Waals surface area (Å²) in [6, 6.07) is -0.141. The number of rotatable bonds is 2. The van der Waals surface area contributed by atoms with Crippen molar-refractivity contribution in [3.05, 3.63) is 0 Å². The molecule has 1 aliphatic heterocycles. The van der Waals surface area contributed by atoms with Crippen LogP contribution in [0.15, 0.2) is 4.99 Å². The molecule has 1 aliphatic rings. The van der Waals surface area contributed by atoms with Crippen LogP contribution in [0.2, 0.25) is 0 Å².